The molecule has 2 aliphatic carbocycles. The summed E-state index contributed by atoms with van der Waals surface area (Å²) in [7, 11) is 1.29. The third-order valence-electron chi connectivity index (χ3n) is 14.1. The number of ether oxygens (including phenoxy) is 4. The number of nitrogens with one attached hydrogen (secondary N) is 3. The molecule has 5 aliphatic rings. The number of likely N-dealkylation sites (tertiary alicyclic amines) is 2. The molecule has 5 amide bonds. The van der Waals surface area contributed by atoms with Crippen molar-refractivity contribution in [1.82, 2.24) is 25.8 Å². The largest absolute Gasteiger partial charge is 0.507 e. The number of benzene rings is 3. The Balaban J connectivity index is 0.910. The minimum atomic E-state index is -2.41. The van der Waals surface area contributed by atoms with Crippen molar-refractivity contribution in [2.24, 2.45) is 0 Å². The van der Waals surface area contributed by atoms with Gasteiger partial charge in [-0.05, 0) is 51.2 Å². The number of carbonyl (C=O) groups excluding carboxylic acids is 8. The number of carbonyl (C=O) groups is 8. The van der Waals surface area contributed by atoms with Gasteiger partial charge in [0.15, 0.2) is 17.9 Å². The van der Waals surface area contributed by atoms with Crippen molar-refractivity contribution in [3.63, 3.8) is 0 Å². The molecule has 22 nitrogen and oxygen atoms in total. The van der Waals surface area contributed by atoms with Gasteiger partial charge in [-0.3, -0.25) is 38.5 Å². The molecule has 3 saturated heterocycles. The lowest BCUT2D eigenvalue weighted by molar-refractivity contribution is -0.249. The number of phenolic OH excluding ortho intramolecular Hbond substituents is 2. The smallest absolute Gasteiger partial charge is 0.410 e. The topological polar surface area (TPSA) is 317 Å². The fourth-order valence-corrected chi connectivity index (χ4v) is 10.3. The zero-order chi connectivity index (χ0) is 51.8. The number of nitrogens with zero attached hydrogens (tertiary/aromatic N) is 2. The zero-order valence-corrected chi connectivity index (χ0v) is 39.8. The zero-order valence-electron chi connectivity index (χ0n) is 39.8. The van der Waals surface area contributed by atoms with E-state index in [4.69, 9.17) is 18.9 Å². The maximum absolute atomic E-state index is 14.1. The Morgan fingerprint density at radius 2 is 1.57 bits per heavy atom. The summed E-state index contributed by atoms with van der Waals surface area (Å²) in [6, 6.07) is 9.23. The molecule has 0 saturated carbocycles. The summed E-state index contributed by atoms with van der Waals surface area (Å²) in [4.78, 5) is 110. The van der Waals surface area contributed by atoms with Crippen LogP contribution in [-0.2, 0) is 51.2 Å². The van der Waals surface area contributed by atoms with Crippen molar-refractivity contribution in [2.75, 3.05) is 33.4 Å². The first-order chi connectivity index (χ1) is 34.4. The van der Waals surface area contributed by atoms with Crippen LogP contribution in [0.5, 0.6) is 17.2 Å². The average molecular weight is 1000 g/mol. The SMILES string of the molecule is COc1cccc2c1C(=O)c1c(O)c3c(c(O)c1C2=O)C[C@@](O)(C(=O)CO)C[C@@H]3OC1CC(NC(=O)[C@@H]2CCCN2C(=O)CNC(=O)[C@H](C)NC(=O)[C@@H]2CCCN2C(=O)OCc2ccccc2)C(O)C(C)O1. The van der Waals surface area contributed by atoms with Crippen LogP contribution >= 0.6 is 0 Å². The van der Waals surface area contributed by atoms with Crippen LogP contribution in [0.4, 0.5) is 4.79 Å². The lowest BCUT2D eigenvalue weighted by Gasteiger charge is -2.43. The number of aromatic hydroxyl groups is 2. The van der Waals surface area contributed by atoms with Crippen LogP contribution in [-0.4, -0.2) is 164 Å². The van der Waals surface area contributed by atoms with Gasteiger partial charge in [0.2, 0.25) is 29.4 Å². The van der Waals surface area contributed by atoms with Crippen molar-refractivity contribution in [2.45, 2.75) is 120 Å². The predicted molar refractivity (Wildman–Crippen MR) is 247 cm³/mol. The minimum absolute atomic E-state index is 0.0249. The number of hydrogen-bond acceptors (Lipinski definition) is 17. The van der Waals surface area contributed by atoms with E-state index in [-0.39, 0.29) is 54.0 Å². The summed E-state index contributed by atoms with van der Waals surface area (Å²) in [5.74, 6) is -6.83. The lowest BCUT2D eigenvalue weighted by atomic mass is 9.72. The average Bonchev–Trinajstić information content (AvgIpc) is 4.08. The number of fused-ring (bicyclic) bond motifs is 3. The van der Waals surface area contributed by atoms with Gasteiger partial charge in [0.1, 0.15) is 60.3 Å². The molecule has 9 atom stereocenters. The molecule has 72 heavy (non-hydrogen) atoms. The van der Waals surface area contributed by atoms with E-state index in [1.165, 1.54) is 49.0 Å². The van der Waals surface area contributed by atoms with Crippen LogP contribution < -0.4 is 20.7 Å². The standard InChI is InChI=1S/C50H57N5O17/c1-24(52-47(65)31-14-9-17-55(31)49(67)70-23-26-10-5-4-6-11-26)46(64)51-21-35(58)54-16-8-13-30(54)48(66)53-29-18-36(71-25(2)41(29)59)72-33-20-50(68,34(57)22-56)19-28-38(33)45(63)40-39(43(28)61)42(60)27-12-7-15-32(69-3)37(27)44(40)62/h4-7,10-12,15,24-25,29-31,33,36,41,56,59,61,63,68H,8-9,13-14,16-23H2,1-3H3,(H,51,64)(H,52,65)(H,53,66)/t24-,25?,29?,30-,31-,33-,36?,41?,50-/m0/s1. The molecule has 8 rings (SSSR count). The summed E-state index contributed by atoms with van der Waals surface area (Å²) >= 11 is 0. The van der Waals surface area contributed by atoms with E-state index in [2.05, 4.69) is 16.0 Å². The fraction of sp³-hybridized carbons (Fsp3) is 0.480. The summed E-state index contributed by atoms with van der Waals surface area (Å²) in [5.41, 5.74) is -3.61. The van der Waals surface area contributed by atoms with Crippen LogP contribution in [0.3, 0.4) is 0 Å². The van der Waals surface area contributed by atoms with Gasteiger partial charge in [0.25, 0.3) is 0 Å². The number of aliphatic hydroxyl groups is 3. The number of aliphatic hydroxyl groups excluding tert-OH is 2. The number of methoxy groups -OCH3 is 1. The van der Waals surface area contributed by atoms with E-state index < -0.39 is 150 Å². The molecule has 0 bridgehead atoms. The summed E-state index contributed by atoms with van der Waals surface area (Å²) < 4.78 is 23.0. The van der Waals surface area contributed by atoms with Crippen LogP contribution in [0.1, 0.15) is 107 Å². The van der Waals surface area contributed by atoms with Crippen molar-refractivity contribution in [3.8, 4) is 17.2 Å². The Hall–Kier alpha value is -6.98. The van der Waals surface area contributed by atoms with Crippen LogP contribution in [0.15, 0.2) is 48.5 Å². The van der Waals surface area contributed by atoms with Gasteiger partial charge < -0.3 is 65.3 Å². The first-order valence-corrected chi connectivity index (χ1v) is 23.7. The van der Waals surface area contributed by atoms with Gasteiger partial charge in [-0.15, -0.1) is 0 Å². The molecule has 3 fully saturated rings. The molecule has 3 aromatic carbocycles. The van der Waals surface area contributed by atoms with Gasteiger partial charge in [0.05, 0.1) is 48.6 Å². The molecular weight excluding hydrogens is 943 g/mol. The van der Waals surface area contributed by atoms with E-state index in [1.54, 1.807) is 12.1 Å². The second-order valence-electron chi connectivity index (χ2n) is 18.7. The summed E-state index contributed by atoms with van der Waals surface area (Å²) in [6.45, 7) is 1.75. The van der Waals surface area contributed by atoms with Gasteiger partial charge in [-0.25, -0.2) is 4.79 Å². The van der Waals surface area contributed by atoms with E-state index in [1.807, 2.05) is 18.2 Å². The Morgan fingerprint density at radius 3 is 2.26 bits per heavy atom. The summed E-state index contributed by atoms with van der Waals surface area (Å²) in [6.07, 6.45) is -5.97. The molecular formula is C50H57N5O17. The molecule has 8 N–H and O–H groups in total. The number of Topliss-reactive ketones (excluding diaryl/α,β-unsaturated/α-hetero) is 1. The first kappa shape index (κ1) is 51.4. The quantitative estimate of drug-likeness (QED) is 0.0801. The van der Waals surface area contributed by atoms with Crippen molar-refractivity contribution in [1.29, 1.82) is 0 Å². The van der Waals surface area contributed by atoms with E-state index in [0.29, 0.717) is 25.8 Å². The molecule has 3 aliphatic heterocycles. The van der Waals surface area contributed by atoms with E-state index in [9.17, 15) is 63.9 Å². The number of hydrogen-bond donors (Lipinski definition) is 8. The van der Waals surface area contributed by atoms with Crippen LogP contribution in [0.25, 0.3) is 0 Å². The molecule has 0 radical (unpaired) electrons. The number of amides is 5. The molecule has 0 aromatic heterocycles. The highest BCUT2D eigenvalue weighted by molar-refractivity contribution is 6.31. The Bertz CT molecular complexity index is 2680. The minimum Gasteiger partial charge on any atom is -0.507 e. The second-order valence-corrected chi connectivity index (χ2v) is 18.7. The van der Waals surface area contributed by atoms with Crippen LogP contribution in [0.2, 0.25) is 0 Å². The fourth-order valence-electron chi connectivity index (χ4n) is 10.3. The maximum Gasteiger partial charge on any atom is 0.410 e. The second kappa shape index (κ2) is 21.0. The molecule has 3 aromatic rings. The molecule has 22 heteroatoms. The summed E-state index contributed by atoms with van der Waals surface area (Å²) in [5, 5.41) is 64.3. The van der Waals surface area contributed by atoms with Gasteiger partial charge in [0, 0.05) is 49.0 Å². The van der Waals surface area contributed by atoms with Crippen LogP contribution in [0, 0.1) is 0 Å². The molecule has 3 heterocycles. The Kier molecular flexibility index (Phi) is 15.0. The van der Waals surface area contributed by atoms with Crippen molar-refractivity contribution in [3.05, 3.63) is 87.5 Å². The molecule has 0 spiro atoms. The number of ketones is 3. The first-order valence-electron chi connectivity index (χ1n) is 23.7. The third-order valence-corrected chi connectivity index (χ3v) is 14.1. The van der Waals surface area contributed by atoms with Gasteiger partial charge in [-0.2, -0.15) is 0 Å². The van der Waals surface area contributed by atoms with Crippen molar-refractivity contribution >= 4 is 47.1 Å². The number of rotatable bonds is 14. The molecule has 4 unspecified atom stereocenters. The Labute approximate surface area is 412 Å². The third kappa shape index (κ3) is 9.83. The maximum atomic E-state index is 14.1. The highest BCUT2D eigenvalue weighted by atomic mass is 16.7. The lowest BCUT2D eigenvalue weighted by Crippen LogP contribution is -2.59. The molecule has 384 valence electrons. The van der Waals surface area contributed by atoms with E-state index >= 15 is 0 Å². The van der Waals surface area contributed by atoms with E-state index in [0.717, 1.165) is 5.56 Å². The predicted octanol–water partition coefficient (Wildman–Crippen LogP) is 0.572. The van der Waals surface area contributed by atoms with Crippen molar-refractivity contribution < 1.29 is 82.8 Å². The van der Waals surface area contributed by atoms with Gasteiger partial charge >= 0.3 is 6.09 Å². The highest BCUT2D eigenvalue weighted by Gasteiger charge is 2.51. The number of phenols is 2. The monoisotopic (exact) mass is 999 g/mol. The highest BCUT2D eigenvalue weighted by Crippen LogP contribution is 2.52. The normalized spacial score (nSPS) is 25.9. The Morgan fingerprint density at radius 1 is 0.889 bits per heavy atom. The van der Waals surface area contributed by atoms with Gasteiger partial charge in [-0.1, -0.05) is 42.5 Å².